The van der Waals surface area contributed by atoms with Crippen LogP contribution in [0, 0.1) is 0 Å². The van der Waals surface area contributed by atoms with E-state index in [0.29, 0.717) is 13.0 Å². The molecule has 1 aromatic carbocycles. The second kappa shape index (κ2) is 6.89. The molecule has 0 N–H and O–H groups in total. The molecule has 0 aromatic heterocycles. The zero-order valence-corrected chi connectivity index (χ0v) is 14.1. The van der Waals surface area contributed by atoms with Gasteiger partial charge >= 0.3 is 0 Å². The van der Waals surface area contributed by atoms with E-state index in [2.05, 4.69) is 4.90 Å². The molecule has 2 saturated heterocycles. The summed E-state index contributed by atoms with van der Waals surface area (Å²) in [5.41, 5.74) is 0.837. The van der Waals surface area contributed by atoms with E-state index in [-0.39, 0.29) is 11.4 Å². The van der Waals surface area contributed by atoms with E-state index < -0.39 is 0 Å². The molecule has 1 spiro atoms. The van der Waals surface area contributed by atoms with Crippen molar-refractivity contribution in [2.24, 2.45) is 0 Å². The highest BCUT2D eigenvalue weighted by Crippen LogP contribution is 2.41. The van der Waals surface area contributed by atoms with Crippen LogP contribution in [0.2, 0.25) is 0 Å². The van der Waals surface area contributed by atoms with E-state index in [1.165, 1.54) is 12.8 Å². The summed E-state index contributed by atoms with van der Waals surface area (Å²) in [4.78, 5) is 17.1. The van der Waals surface area contributed by atoms with Gasteiger partial charge in [-0.05, 0) is 31.5 Å². The van der Waals surface area contributed by atoms with Gasteiger partial charge in [-0.2, -0.15) is 0 Å². The van der Waals surface area contributed by atoms with Crippen molar-refractivity contribution in [1.29, 1.82) is 0 Å². The third-order valence-corrected chi connectivity index (χ3v) is 5.17. The number of benzene rings is 1. The molecule has 5 nitrogen and oxygen atoms in total. The standard InChI is InChI=1S/C18H26N2O3/c1-22-12-11-19-10-6-5-9-18(19)13-17(21)20(14-18)15-7-3-4-8-16(15)23-2/h3-4,7-8H,5-6,9-14H2,1-2H3. The normalized spacial score (nSPS) is 25.3. The highest BCUT2D eigenvalue weighted by molar-refractivity contribution is 5.98. The largest absolute Gasteiger partial charge is 0.495 e. The van der Waals surface area contributed by atoms with E-state index in [1.807, 2.05) is 29.2 Å². The Morgan fingerprint density at radius 2 is 2.04 bits per heavy atom. The number of carbonyl (C=O) groups excluding carboxylic acids is 1. The number of amides is 1. The van der Waals surface area contributed by atoms with Gasteiger partial charge in [0.2, 0.25) is 5.91 Å². The Bertz CT molecular complexity index is 563. The lowest BCUT2D eigenvalue weighted by Gasteiger charge is -2.44. The van der Waals surface area contributed by atoms with E-state index in [0.717, 1.165) is 37.5 Å². The van der Waals surface area contributed by atoms with Crippen LogP contribution in [-0.2, 0) is 9.53 Å². The zero-order valence-electron chi connectivity index (χ0n) is 14.1. The van der Waals surface area contributed by atoms with Crippen molar-refractivity contribution < 1.29 is 14.3 Å². The van der Waals surface area contributed by atoms with Gasteiger partial charge in [-0.3, -0.25) is 9.69 Å². The highest BCUT2D eigenvalue weighted by atomic mass is 16.5. The van der Waals surface area contributed by atoms with Crippen LogP contribution in [0.25, 0.3) is 0 Å². The van der Waals surface area contributed by atoms with Crippen molar-refractivity contribution in [2.75, 3.05) is 45.4 Å². The van der Waals surface area contributed by atoms with Crippen molar-refractivity contribution in [3.63, 3.8) is 0 Å². The molecule has 1 amide bonds. The van der Waals surface area contributed by atoms with Crippen molar-refractivity contribution in [3.8, 4) is 5.75 Å². The summed E-state index contributed by atoms with van der Waals surface area (Å²) in [6.45, 7) is 3.40. The number of rotatable bonds is 5. The Morgan fingerprint density at radius 1 is 1.22 bits per heavy atom. The van der Waals surface area contributed by atoms with Crippen molar-refractivity contribution in [3.05, 3.63) is 24.3 Å². The summed E-state index contributed by atoms with van der Waals surface area (Å²) in [7, 11) is 3.39. The van der Waals surface area contributed by atoms with Gasteiger partial charge in [-0.25, -0.2) is 0 Å². The number of piperidine rings is 1. The summed E-state index contributed by atoms with van der Waals surface area (Å²) in [5, 5.41) is 0. The van der Waals surface area contributed by atoms with Gasteiger partial charge in [0.1, 0.15) is 5.75 Å². The molecule has 0 bridgehead atoms. The lowest BCUT2D eigenvalue weighted by atomic mass is 9.85. The number of hydrogen-bond donors (Lipinski definition) is 0. The topological polar surface area (TPSA) is 42.0 Å². The fraction of sp³-hybridized carbons (Fsp3) is 0.611. The molecule has 0 radical (unpaired) electrons. The Balaban J connectivity index is 1.85. The molecule has 126 valence electrons. The number of likely N-dealkylation sites (tertiary alicyclic amines) is 1. The molecule has 0 aliphatic carbocycles. The second-order valence-corrected chi connectivity index (χ2v) is 6.49. The van der Waals surface area contributed by atoms with Crippen LogP contribution < -0.4 is 9.64 Å². The van der Waals surface area contributed by atoms with Gasteiger partial charge in [-0.15, -0.1) is 0 Å². The van der Waals surface area contributed by atoms with Gasteiger partial charge in [0.05, 0.1) is 19.4 Å². The summed E-state index contributed by atoms with van der Waals surface area (Å²) in [6, 6.07) is 7.78. The number of ether oxygens (including phenoxy) is 2. The first-order valence-electron chi connectivity index (χ1n) is 8.37. The number of nitrogens with zero attached hydrogens (tertiary/aromatic N) is 2. The SMILES string of the molecule is COCCN1CCCCC12CC(=O)N(c1ccccc1OC)C2. The summed E-state index contributed by atoms with van der Waals surface area (Å²) in [5.74, 6) is 0.955. The van der Waals surface area contributed by atoms with Crippen LogP contribution in [-0.4, -0.2) is 56.8 Å². The van der Waals surface area contributed by atoms with Gasteiger partial charge in [-0.1, -0.05) is 18.6 Å². The molecular weight excluding hydrogens is 292 g/mol. The molecule has 3 rings (SSSR count). The molecule has 1 aromatic rings. The maximum absolute atomic E-state index is 12.7. The fourth-order valence-electron chi connectivity index (χ4n) is 3.97. The molecule has 5 heteroatoms. The maximum atomic E-state index is 12.7. The monoisotopic (exact) mass is 318 g/mol. The van der Waals surface area contributed by atoms with E-state index >= 15 is 0 Å². The zero-order chi connectivity index (χ0) is 16.3. The average molecular weight is 318 g/mol. The Morgan fingerprint density at radius 3 is 2.83 bits per heavy atom. The fourth-order valence-corrected chi connectivity index (χ4v) is 3.97. The predicted molar refractivity (Wildman–Crippen MR) is 90.0 cm³/mol. The average Bonchev–Trinajstić information content (AvgIpc) is 2.91. The number of para-hydroxylation sites is 2. The van der Waals surface area contributed by atoms with Crippen molar-refractivity contribution in [2.45, 2.75) is 31.2 Å². The van der Waals surface area contributed by atoms with E-state index in [9.17, 15) is 4.79 Å². The highest BCUT2D eigenvalue weighted by Gasteiger charge is 2.48. The third kappa shape index (κ3) is 3.08. The van der Waals surface area contributed by atoms with Crippen LogP contribution in [0.4, 0.5) is 5.69 Å². The van der Waals surface area contributed by atoms with Crippen molar-refractivity contribution in [1.82, 2.24) is 4.90 Å². The number of carbonyl (C=O) groups is 1. The smallest absolute Gasteiger partial charge is 0.229 e. The lowest BCUT2D eigenvalue weighted by molar-refractivity contribution is -0.118. The molecule has 2 heterocycles. The molecule has 1 atom stereocenters. The second-order valence-electron chi connectivity index (χ2n) is 6.49. The van der Waals surface area contributed by atoms with Crippen molar-refractivity contribution >= 4 is 11.6 Å². The Kier molecular flexibility index (Phi) is 4.87. The number of hydrogen-bond acceptors (Lipinski definition) is 4. The van der Waals surface area contributed by atoms with Crippen LogP contribution in [0.1, 0.15) is 25.7 Å². The minimum atomic E-state index is -0.0469. The first-order valence-corrected chi connectivity index (χ1v) is 8.37. The van der Waals surface area contributed by atoms with Gasteiger partial charge in [0.15, 0.2) is 0 Å². The quantitative estimate of drug-likeness (QED) is 0.835. The first-order chi connectivity index (χ1) is 11.2. The molecule has 1 unspecified atom stereocenters. The van der Waals surface area contributed by atoms with Gasteiger partial charge in [0, 0.05) is 32.2 Å². The minimum Gasteiger partial charge on any atom is -0.495 e. The number of methoxy groups -OCH3 is 2. The lowest BCUT2D eigenvalue weighted by Crippen LogP contribution is -2.54. The summed E-state index contributed by atoms with van der Waals surface area (Å²) < 4.78 is 10.7. The molecule has 2 aliphatic heterocycles. The summed E-state index contributed by atoms with van der Waals surface area (Å²) >= 11 is 0. The first kappa shape index (κ1) is 16.3. The number of anilines is 1. The minimum absolute atomic E-state index is 0.0469. The predicted octanol–water partition coefficient (Wildman–Crippen LogP) is 2.30. The van der Waals surface area contributed by atoms with Crippen LogP contribution in [0.5, 0.6) is 5.75 Å². The van der Waals surface area contributed by atoms with Crippen LogP contribution in [0.15, 0.2) is 24.3 Å². The van der Waals surface area contributed by atoms with Crippen LogP contribution >= 0.6 is 0 Å². The maximum Gasteiger partial charge on any atom is 0.229 e. The Labute approximate surface area is 138 Å². The third-order valence-electron chi connectivity index (χ3n) is 5.17. The molecule has 23 heavy (non-hydrogen) atoms. The molecular formula is C18H26N2O3. The van der Waals surface area contributed by atoms with E-state index in [1.54, 1.807) is 14.2 Å². The Hall–Kier alpha value is -1.59. The van der Waals surface area contributed by atoms with Gasteiger partial charge < -0.3 is 14.4 Å². The van der Waals surface area contributed by atoms with Crippen LogP contribution in [0.3, 0.4) is 0 Å². The van der Waals surface area contributed by atoms with E-state index in [4.69, 9.17) is 9.47 Å². The molecule has 2 fully saturated rings. The van der Waals surface area contributed by atoms with Gasteiger partial charge in [0.25, 0.3) is 0 Å². The molecule has 0 saturated carbocycles. The molecule has 2 aliphatic rings. The summed E-state index contributed by atoms with van der Waals surface area (Å²) in [6.07, 6.45) is 4.06.